The minimum Gasteiger partial charge on any atom is -0.330 e. The highest BCUT2D eigenvalue weighted by Crippen LogP contribution is 1.85. The van der Waals surface area contributed by atoms with E-state index in [9.17, 15) is 0 Å². The average molecular weight is 104 g/mol. The summed E-state index contributed by atoms with van der Waals surface area (Å²) in [7, 11) is 0. The quantitative estimate of drug-likeness (QED) is 0.529. The van der Waals surface area contributed by atoms with Gasteiger partial charge in [-0.2, -0.15) is 0 Å². The Hall–Kier alpha value is 0.310. The fourth-order valence-electron chi connectivity index (χ4n) is 0.246. The van der Waals surface area contributed by atoms with Gasteiger partial charge < -0.3 is 5.73 Å². The first-order valence-electron chi connectivity index (χ1n) is 2.20. The highest BCUT2D eigenvalue weighted by atomic mass is 32.1. The van der Waals surface area contributed by atoms with Crippen LogP contribution in [0.4, 0.5) is 0 Å². The van der Waals surface area contributed by atoms with E-state index in [1.807, 2.05) is 0 Å². The Labute approximate surface area is 44.3 Å². The fourth-order valence-corrected chi connectivity index (χ4v) is 0.451. The summed E-state index contributed by atoms with van der Waals surface area (Å²) < 4.78 is 0. The summed E-state index contributed by atoms with van der Waals surface area (Å²) in [6.45, 7) is 0.788. The molecule has 0 heterocycles. The van der Waals surface area contributed by atoms with Crippen LogP contribution in [-0.2, 0) is 0 Å². The SMILES string of the molecule is NCCCC[S]. The maximum absolute atomic E-state index is 5.17. The Morgan fingerprint density at radius 2 is 2.00 bits per heavy atom. The summed E-state index contributed by atoms with van der Waals surface area (Å²) in [6, 6.07) is 0. The zero-order valence-corrected chi connectivity index (χ0v) is 4.63. The van der Waals surface area contributed by atoms with Crippen molar-refractivity contribution >= 4 is 12.6 Å². The van der Waals surface area contributed by atoms with Gasteiger partial charge in [0, 0.05) is 5.75 Å². The van der Waals surface area contributed by atoms with Crippen molar-refractivity contribution < 1.29 is 0 Å². The lowest BCUT2D eigenvalue weighted by atomic mass is 10.3. The van der Waals surface area contributed by atoms with Gasteiger partial charge >= 0.3 is 0 Å². The lowest BCUT2D eigenvalue weighted by molar-refractivity contribution is 0.816. The van der Waals surface area contributed by atoms with Gasteiger partial charge in [-0.05, 0) is 19.4 Å². The Kier molecular flexibility index (Phi) is 5.58. The molecule has 0 saturated carbocycles. The molecule has 6 heavy (non-hydrogen) atoms. The van der Waals surface area contributed by atoms with E-state index in [4.69, 9.17) is 5.73 Å². The second-order valence-corrected chi connectivity index (χ2v) is 1.61. The molecule has 37 valence electrons. The summed E-state index contributed by atoms with van der Waals surface area (Å²) in [5.74, 6) is 0.858. The molecule has 0 aromatic heterocycles. The van der Waals surface area contributed by atoms with Crippen LogP contribution in [-0.4, -0.2) is 12.3 Å². The monoisotopic (exact) mass is 104 g/mol. The van der Waals surface area contributed by atoms with Crippen LogP contribution in [0.1, 0.15) is 12.8 Å². The molecule has 0 aromatic carbocycles. The molecule has 0 aliphatic heterocycles. The number of hydrogen-bond donors (Lipinski definition) is 1. The maximum atomic E-state index is 5.17. The molecule has 0 spiro atoms. The normalized spacial score (nSPS) is 9.00. The molecule has 1 radical (unpaired) electrons. The third kappa shape index (κ3) is 4.31. The molecular weight excluding hydrogens is 94.1 g/mol. The van der Waals surface area contributed by atoms with Gasteiger partial charge in [0.2, 0.25) is 0 Å². The van der Waals surface area contributed by atoms with Crippen LogP contribution in [0.15, 0.2) is 0 Å². The molecule has 0 unspecified atom stereocenters. The van der Waals surface area contributed by atoms with Crippen LogP contribution in [0.3, 0.4) is 0 Å². The fraction of sp³-hybridized carbons (Fsp3) is 1.00. The zero-order valence-electron chi connectivity index (χ0n) is 3.81. The van der Waals surface area contributed by atoms with Gasteiger partial charge in [-0.25, -0.2) is 0 Å². The van der Waals surface area contributed by atoms with Crippen molar-refractivity contribution in [2.75, 3.05) is 12.3 Å². The lowest BCUT2D eigenvalue weighted by Gasteiger charge is -1.85. The first-order chi connectivity index (χ1) is 2.91. The van der Waals surface area contributed by atoms with E-state index in [2.05, 4.69) is 12.6 Å². The maximum Gasteiger partial charge on any atom is 0.00374 e. The smallest absolute Gasteiger partial charge is 0.00374 e. The topological polar surface area (TPSA) is 26.0 Å². The van der Waals surface area contributed by atoms with Gasteiger partial charge in [0.05, 0.1) is 0 Å². The molecule has 0 bridgehead atoms. The number of rotatable bonds is 3. The van der Waals surface area contributed by atoms with Gasteiger partial charge in [-0.3, -0.25) is 0 Å². The van der Waals surface area contributed by atoms with Gasteiger partial charge in [0.15, 0.2) is 0 Å². The minimum absolute atomic E-state index is 0.788. The van der Waals surface area contributed by atoms with E-state index >= 15 is 0 Å². The predicted molar refractivity (Wildman–Crippen MR) is 30.7 cm³/mol. The van der Waals surface area contributed by atoms with Crippen LogP contribution in [0.25, 0.3) is 0 Å². The Morgan fingerprint density at radius 1 is 1.33 bits per heavy atom. The molecule has 0 saturated heterocycles. The number of hydrogen-bond acceptors (Lipinski definition) is 1. The molecule has 2 heteroatoms. The standard InChI is InChI=1S/C4H10NS/c5-3-1-2-4-6/h1-5H2. The first-order valence-corrected chi connectivity index (χ1v) is 2.77. The van der Waals surface area contributed by atoms with E-state index in [0.29, 0.717) is 0 Å². The Morgan fingerprint density at radius 3 is 2.17 bits per heavy atom. The molecule has 0 aromatic rings. The van der Waals surface area contributed by atoms with Gasteiger partial charge in [0.25, 0.3) is 0 Å². The summed E-state index contributed by atoms with van der Waals surface area (Å²) in [5, 5.41) is 0. The van der Waals surface area contributed by atoms with Crippen LogP contribution in [0.2, 0.25) is 0 Å². The van der Waals surface area contributed by atoms with E-state index in [1.54, 1.807) is 0 Å². The molecule has 0 fully saturated rings. The van der Waals surface area contributed by atoms with E-state index in [0.717, 1.165) is 25.1 Å². The summed E-state index contributed by atoms with van der Waals surface area (Å²) in [6.07, 6.45) is 2.19. The average Bonchev–Trinajstić information content (AvgIpc) is 1.61. The van der Waals surface area contributed by atoms with Crippen molar-refractivity contribution in [3.05, 3.63) is 0 Å². The zero-order chi connectivity index (χ0) is 4.83. The third-order valence-corrected chi connectivity index (χ3v) is 0.887. The van der Waals surface area contributed by atoms with Crippen molar-refractivity contribution in [1.82, 2.24) is 0 Å². The molecule has 0 aliphatic rings. The predicted octanol–water partition coefficient (Wildman–Crippen LogP) is 0.923. The number of nitrogens with two attached hydrogens (primary N) is 1. The van der Waals surface area contributed by atoms with Crippen LogP contribution in [0, 0.1) is 0 Å². The minimum atomic E-state index is 0.788. The second kappa shape index (κ2) is 5.31. The number of unbranched alkanes of at least 4 members (excludes halogenated alkanes) is 1. The Balaban J connectivity index is 2.34. The summed E-state index contributed by atoms with van der Waals surface area (Å²) in [5.41, 5.74) is 5.17. The lowest BCUT2D eigenvalue weighted by Crippen LogP contribution is -1.97. The van der Waals surface area contributed by atoms with Crippen LogP contribution >= 0.6 is 12.6 Å². The van der Waals surface area contributed by atoms with E-state index < -0.39 is 0 Å². The third-order valence-electron chi connectivity index (χ3n) is 0.598. The largest absolute Gasteiger partial charge is 0.330 e. The van der Waals surface area contributed by atoms with Gasteiger partial charge in [-0.1, -0.05) is 12.6 Å². The van der Waals surface area contributed by atoms with Crippen molar-refractivity contribution in [3.63, 3.8) is 0 Å². The second-order valence-electron chi connectivity index (χ2n) is 1.20. The molecule has 0 rings (SSSR count). The van der Waals surface area contributed by atoms with Crippen LogP contribution in [0.5, 0.6) is 0 Å². The van der Waals surface area contributed by atoms with Crippen molar-refractivity contribution in [2.24, 2.45) is 5.73 Å². The highest BCUT2D eigenvalue weighted by Gasteiger charge is 1.76. The van der Waals surface area contributed by atoms with Gasteiger partial charge in [0.1, 0.15) is 0 Å². The molecule has 0 aliphatic carbocycles. The summed E-state index contributed by atoms with van der Waals surface area (Å²) in [4.78, 5) is 0. The molecule has 0 amide bonds. The van der Waals surface area contributed by atoms with E-state index in [1.165, 1.54) is 0 Å². The van der Waals surface area contributed by atoms with Crippen molar-refractivity contribution in [3.8, 4) is 0 Å². The molecule has 2 N–H and O–H groups in total. The Bertz CT molecular complexity index is 19.5. The highest BCUT2D eigenvalue weighted by molar-refractivity contribution is 7.80. The molecule has 1 nitrogen and oxygen atoms in total. The molecular formula is C4H10NS. The van der Waals surface area contributed by atoms with Crippen LogP contribution < -0.4 is 5.73 Å². The van der Waals surface area contributed by atoms with Gasteiger partial charge in [-0.15, -0.1) is 0 Å². The van der Waals surface area contributed by atoms with Crippen molar-refractivity contribution in [2.45, 2.75) is 12.8 Å². The first kappa shape index (κ1) is 6.31. The van der Waals surface area contributed by atoms with E-state index in [-0.39, 0.29) is 0 Å². The molecule has 0 atom stereocenters. The summed E-state index contributed by atoms with van der Waals surface area (Å²) >= 11 is 4.66. The van der Waals surface area contributed by atoms with Crippen molar-refractivity contribution in [1.29, 1.82) is 0 Å².